The van der Waals surface area contributed by atoms with Crippen LogP contribution < -0.4 is 14.8 Å². The summed E-state index contributed by atoms with van der Waals surface area (Å²) in [7, 11) is 1.61. The topological polar surface area (TPSA) is 60.7 Å². The Balaban J connectivity index is 1.62. The second kappa shape index (κ2) is 7.08. The molecular formula is C19H19NO4. The van der Waals surface area contributed by atoms with Crippen molar-refractivity contribution < 1.29 is 18.7 Å². The van der Waals surface area contributed by atoms with Gasteiger partial charge in [0.05, 0.1) is 13.7 Å². The van der Waals surface area contributed by atoms with E-state index in [0.717, 1.165) is 22.4 Å². The van der Waals surface area contributed by atoms with Crippen molar-refractivity contribution in [1.82, 2.24) is 5.32 Å². The van der Waals surface area contributed by atoms with E-state index in [9.17, 15) is 4.79 Å². The molecule has 0 aliphatic carbocycles. The van der Waals surface area contributed by atoms with Crippen molar-refractivity contribution in [3.63, 3.8) is 0 Å². The van der Waals surface area contributed by atoms with Crippen molar-refractivity contribution in [3.05, 3.63) is 59.9 Å². The maximum Gasteiger partial charge on any atom is 0.287 e. The molecule has 5 nitrogen and oxygen atoms in total. The van der Waals surface area contributed by atoms with Crippen LogP contribution in [-0.2, 0) is 0 Å². The highest BCUT2D eigenvalue weighted by Gasteiger charge is 2.17. The number of hydrogen-bond donors (Lipinski definition) is 1. The molecule has 1 aromatic heterocycles. The molecule has 3 aromatic rings. The van der Waals surface area contributed by atoms with Gasteiger partial charge in [-0.1, -0.05) is 18.2 Å². The average Bonchev–Trinajstić information content (AvgIpc) is 2.95. The van der Waals surface area contributed by atoms with Crippen LogP contribution in [0.4, 0.5) is 0 Å². The highest BCUT2D eigenvalue weighted by Crippen LogP contribution is 2.28. The Morgan fingerprint density at radius 1 is 1.12 bits per heavy atom. The van der Waals surface area contributed by atoms with Crippen molar-refractivity contribution in [2.45, 2.75) is 6.92 Å². The number of methoxy groups -OCH3 is 1. The predicted octanol–water partition coefficient (Wildman–Crippen LogP) is 3.56. The summed E-state index contributed by atoms with van der Waals surface area (Å²) in [6.07, 6.45) is 0. The fourth-order valence-corrected chi connectivity index (χ4v) is 2.47. The Labute approximate surface area is 140 Å². The molecule has 0 saturated carbocycles. The average molecular weight is 325 g/mol. The summed E-state index contributed by atoms with van der Waals surface area (Å²) in [5, 5.41) is 3.69. The minimum Gasteiger partial charge on any atom is -0.497 e. The van der Waals surface area contributed by atoms with Gasteiger partial charge in [0.2, 0.25) is 0 Å². The molecule has 1 N–H and O–H groups in total. The van der Waals surface area contributed by atoms with Gasteiger partial charge < -0.3 is 19.2 Å². The Morgan fingerprint density at radius 3 is 2.67 bits per heavy atom. The monoisotopic (exact) mass is 325 g/mol. The lowest BCUT2D eigenvalue weighted by Gasteiger charge is -2.06. The highest BCUT2D eigenvalue weighted by atomic mass is 16.5. The third kappa shape index (κ3) is 3.35. The van der Waals surface area contributed by atoms with Gasteiger partial charge >= 0.3 is 0 Å². The maximum atomic E-state index is 12.3. The van der Waals surface area contributed by atoms with Gasteiger partial charge in [0.1, 0.15) is 23.7 Å². The molecular weight excluding hydrogens is 306 g/mol. The number of para-hydroxylation sites is 1. The van der Waals surface area contributed by atoms with E-state index in [1.165, 1.54) is 0 Å². The molecule has 0 unspecified atom stereocenters. The van der Waals surface area contributed by atoms with Gasteiger partial charge in [-0.15, -0.1) is 0 Å². The Bertz CT molecular complexity index is 839. The zero-order valence-electron chi connectivity index (χ0n) is 13.7. The molecule has 0 fully saturated rings. The number of aryl methyl sites for hydroxylation is 1. The third-order valence-electron chi connectivity index (χ3n) is 3.75. The van der Waals surface area contributed by atoms with Crippen LogP contribution in [-0.4, -0.2) is 26.2 Å². The number of fused-ring (bicyclic) bond motifs is 1. The lowest BCUT2D eigenvalue weighted by atomic mass is 10.1. The Hall–Kier alpha value is -2.95. The molecule has 2 aromatic carbocycles. The number of rotatable bonds is 6. The number of amides is 1. The van der Waals surface area contributed by atoms with Crippen LogP contribution in [0.1, 0.15) is 16.1 Å². The molecule has 0 spiro atoms. The molecule has 0 saturated heterocycles. The van der Waals surface area contributed by atoms with Crippen molar-refractivity contribution >= 4 is 16.9 Å². The molecule has 24 heavy (non-hydrogen) atoms. The van der Waals surface area contributed by atoms with Gasteiger partial charge in [0, 0.05) is 10.9 Å². The van der Waals surface area contributed by atoms with Gasteiger partial charge in [-0.05, 0) is 37.3 Å². The first-order chi connectivity index (χ1) is 11.7. The van der Waals surface area contributed by atoms with E-state index in [2.05, 4.69) is 5.32 Å². The number of benzene rings is 2. The lowest BCUT2D eigenvalue weighted by molar-refractivity contribution is 0.0920. The van der Waals surface area contributed by atoms with Crippen molar-refractivity contribution in [2.75, 3.05) is 20.3 Å². The number of hydrogen-bond acceptors (Lipinski definition) is 4. The fraction of sp³-hybridized carbons (Fsp3) is 0.211. The standard InChI is InChI=1S/C19H19NO4/c1-13-16-12-15(22-2)8-9-17(16)24-18(13)19(21)20-10-11-23-14-6-4-3-5-7-14/h3-9,12H,10-11H2,1-2H3,(H,20,21). The first kappa shape index (κ1) is 15.9. The summed E-state index contributed by atoms with van der Waals surface area (Å²) in [5.74, 6) is 1.57. The summed E-state index contributed by atoms with van der Waals surface area (Å²) < 4.78 is 16.4. The smallest absolute Gasteiger partial charge is 0.287 e. The first-order valence-electron chi connectivity index (χ1n) is 7.72. The Kier molecular flexibility index (Phi) is 4.70. The van der Waals surface area contributed by atoms with Gasteiger partial charge in [-0.25, -0.2) is 0 Å². The van der Waals surface area contributed by atoms with E-state index >= 15 is 0 Å². The van der Waals surface area contributed by atoms with Crippen LogP contribution in [0.15, 0.2) is 52.9 Å². The largest absolute Gasteiger partial charge is 0.497 e. The van der Waals surface area contributed by atoms with Crippen LogP contribution >= 0.6 is 0 Å². The van der Waals surface area contributed by atoms with Crippen molar-refractivity contribution in [2.24, 2.45) is 0 Å². The number of carbonyl (C=O) groups is 1. The Morgan fingerprint density at radius 2 is 1.92 bits per heavy atom. The quantitative estimate of drug-likeness (QED) is 0.704. The van der Waals surface area contributed by atoms with E-state index in [0.29, 0.717) is 24.5 Å². The molecule has 5 heteroatoms. The molecule has 1 heterocycles. The van der Waals surface area contributed by atoms with Crippen LogP contribution in [0.5, 0.6) is 11.5 Å². The van der Waals surface area contributed by atoms with Gasteiger partial charge in [-0.3, -0.25) is 4.79 Å². The molecule has 0 aliphatic heterocycles. The number of ether oxygens (including phenoxy) is 2. The number of carbonyl (C=O) groups excluding carboxylic acids is 1. The van der Waals surface area contributed by atoms with Gasteiger partial charge in [0.15, 0.2) is 5.76 Å². The molecule has 124 valence electrons. The van der Waals surface area contributed by atoms with Crippen LogP contribution in [0.2, 0.25) is 0 Å². The SMILES string of the molecule is COc1ccc2oc(C(=O)NCCOc3ccccc3)c(C)c2c1. The van der Waals surface area contributed by atoms with E-state index in [1.807, 2.05) is 43.3 Å². The molecule has 0 bridgehead atoms. The second-order valence-electron chi connectivity index (χ2n) is 5.34. The summed E-state index contributed by atoms with van der Waals surface area (Å²) >= 11 is 0. The number of furan rings is 1. The van der Waals surface area contributed by atoms with Gasteiger partial charge in [0.25, 0.3) is 5.91 Å². The lowest BCUT2D eigenvalue weighted by Crippen LogP contribution is -2.28. The molecule has 3 rings (SSSR count). The van der Waals surface area contributed by atoms with E-state index in [-0.39, 0.29) is 5.91 Å². The second-order valence-corrected chi connectivity index (χ2v) is 5.34. The minimum absolute atomic E-state index is 0.251. The molecule has 0 radical (unpaired) electrons. The van der Waals surface area contributed by atoms with Crippen molar-refractivity contribution in [1.29, 1.82) is 0 Å². The summed E-state index contributed by atoms with van der Waals surface area (Å²) in [6, 6.07) is 15.0. The molecule has 1 amide bonds. The summed E-state index contributed by atoms with van der Waals surface area (Å²) in [6.45, 7) is 2.65. The van der Waals surface area contributed by atoms with Crippen LogP contribution in [0.25, 0.3) is 11.0 Å². The summed E-state index contributed by atoms with van der Waals surface area (Å²) in [5.41, 5.74) is 1.46. The summed E-state index contributed by atoms with van der Waals surface area (Å²) in [4.78, 5) is 12.3. The van der Waals surface area contributed by atoms with E-state index < -0.39 is 0 Å². The highest BCUT2D eigenvalue weighted by molar-refractivity contribution is 5.99. The molecule has 0 atom stereocenters. The third-order valence-corrected chi connectivity index (χ3v) is 3.75. The van der Waals surface area contributed by atoms with E-state index in [4.69, 9.17) is 13.9 Å². The van der Waals surface area contributed by atoms with E-state index in [1.54, 1.807) is 19.2 Å². The van der Waals surface area contributed by atoms with Crippen molar-refractivity contribution in [3.8, 4) is 11.5 Å². The molecule has 0 aliphatic rings. The van der Waals surface area contributed by atoms with Crippen LogP contribution in [0, 0.1) is 6.92 Å². The zero-order chi connectivity index (χ0) is 16.9. The minimum atomic E-state index is -0.251. The maximum absolute atomic E-state index is 12.3. The normalized spacial score (nSPS) is 10.6. The fourth-order valence-electron chi connectivity index (χ4n) is 2.47. The van der Waals surface area contributed by atoms with Gasteiger partial charge in [-0.2, -0.15) is 0 Å². The number of nitrogens with one attached hydrogen (secondary N) is 1. The van der Waals surface area contributed by atoms with Crippen LogP contribution in [0.3, 0.4) is 0 Å². The first-order valence-corrected chi connectivity index (χ1v) is 7.72. The predicted molar refractivity (Wildman–Crippen MR) is 91.8 cm³/mol. The zero-order valence-corrected chi connectivity index (χ0v) is 13.7.